The van der Waals surface area contributed by atoms with Crippen molar-refractivity contribution in [2.24, 2.45) is 0 Å². The van der Waals surface area contributed by atoms with Crippen LogP contribution in [0, 0.1) is 5.82 Å². The van der Waals surface area contributed by atoms with E-state index in [2.05, 4.69) is 4.90 Å². The molecule has 122 valence electrons. The smallest absolute Gasteiger partial charge is 0.254 e. The van der Waals surface area contributed by atoms with E-state index in [1.807, 2.05) is 17.5 Å². The van der Waals surface area contributed by atoms with E-state index < -0.39 is 11.9 Å². The maximum absolute atomic E-state index is 13.2. The highest BCUT2D eigenvalue weighted by Crippen LogP contribution is 2.20. The Balaban J connectivity index is 1.53. The van der Waals surface area contributed by atoms with Gasteiger partial charge in [-0.1, -0.05) is 12.1 Å². The van der Waals surface area contributed by atoms with Gasteiger partial charge >= 0.3 is 0 Å². The number of carbonyl (C=O) groups is 1. The molecule has 0 radical (unpaired) electrons. The van der Waals surface area contributed by atoms with Gasteiger partial charge in [0.05, 0.1) is 0 Å². The number of β-amino-alcohol motifs (C(OH)–C–C–N with tert-alkyl or cyclic N) is 1. The van der Waals surface area contributed by atoms with Crippen molar-refractivity contribution in [1.29, 1.82) is 0 Å². The van der Waals surface area contributed by atoms with Crippen LogP contribution in [-0.4, -0.2) is 53.5 Å². The zero-order chi connectivity index (χ0) is 16.2. The molecular weight excluding hydrogens is 315 g/mol. The summed E-state index contributed by atoms with van der Waals surface area (Å²) in [5.74, 6) is -0.531. The maximum Gasteiger partial charge on any atom is 0.254 e. The number of rotatable bonds is 4. The van der Waals surface area contributed by atoms with Gasteiger partial charge in [0, 0.05) is 43.2 Å². The molecule has 1 saturated heterocycles. The van der Waals surface area contributed by atoms with Crippen molar-refractivity contribution >= 4 is 17.2 Å². The van der Waals surface area contributed by atoms with E-state index in [9.17, 15) is 14.3 Å². The average molecular weight is 334 g/mol. The number of hydrogen-bond acceptors (Lipinski definition) is 4. The number of carbonyl (C=O) groups excluding carboxylic acids is 1. The lowest BCUT2D eigenvalue weighted by atomic mass is 10.1. The quantitative estimate of drug-likeness (QED) is 0.934. The van der Waals surface area contributed by atoms with E-state index in [1.54, 1.807) is 28.4 Å². The average Bonchev–Trinajstić information content (AvgIpc) is 3.09. The highest BCUT2D eigenvalue weighted by molar-refractivity contribution is 7.10. The van der Waals surface area contributed by atoms with Crippen molar-refractivity contribution < 1.29 is 14.3 Å². The van der Waals surface area contributed by atoms with Gasteiger partial charge in [0.1, 0.15) is 11.9 Å². The van der Waals surface area contributed by atoms with Crippen LogP contribution in [0.1, 0.15) is 21.3 Å². The summed E-state index contributed by atoms with van der Waals surface area (Å²) in [5, 5.41) is 12.1. The van der Waals surface area contributed by atoms with Gasteiger partial charge in [0.15, 0.2) is 0 Å². The topological polar surface area (TPSA) is 43.8 Å². The number of hydrogen-bond donors (Lipinski definition) is 1. The fourth-order valence-electron chi connectivity index (χ4n) is 2.75. The molecule has 6 heteroatoms. The summed E-state index contributed by atoms with van der Waals surface area (Å²) in [6.45, 7) is 3.18. The molecule has 1 fully saturated rings. The predicted octanol–water partition coefficient (Wildman–Crippen LogP) is 2.38. The second kappa shape index (κ2) is 7.21. The van der Waals surface area contributed by atoms with Gasteiger partial charge in [0.25, 0.3) is 5.91 Å². The molecule has 0 spiro atoms. The molecule has 0 bridgehead atoms. The first-order chi connectivity index (χ1) is 11.1. The summed E-state index contributed by atoms with van der Waals surface area (Å²) in [7, 11) is 0. The van der Waals surface area contributed by atoms with E-state index in [0.29, 0.717) is 38.3 Å². The lowest BCUT2D eigenvalue weighted by Crippen LogP contribution is -2.49. The monoisotopic (exact) mass is 334 g/mol. The van der Waals surface area contributed by atoms with Crippen LogP contribution in [0.2, 0.25) is 0 Å². The van der Waals surface area contributed by atoms with Crippen LogP contribution < -0.4 is 0 Å². The zero-order valence-corrected chi connectivity index (χ0v) is 13.5. The predicted molar refractivity (Wildman–Crippen MR) is 88.0 cm³/mol. The fraction of sp³-hybridized carbons (Fsp3) is 0.353. The molecule has 1 aliphatic heterocycles. The largest absolute Gasteiger partial charge is 0.386 e. The van der Waals surface area contributed by atoms with Gasteiger partial charge in [-0.25, -0.2) is 4.39 Å². The van der Waals surface area contributed by atoms with E-state index in [4.69, 9.17) is 0 Å². The number of aliphatic hydroxyl groups excluding tert-OH is 1. The minimum Gasteiger partial charge on any atom is -0.386 e. The van der Waals surface area contributed by atoms with Gasteiger partial charge in [-0.15, -0.1) is 11.3 Å². The Hall–Kier alpha value is -1.76. The number of benzene rings is 1. The Bertz CT molecular complexity index is 654. The molecule has 4 nitrogen and oxygen atoms in total. The molecule has 0 aliphatic carbocycles. The third kappa shape index (κ3) is 3.96. The van der Waals surface area contributed by atoms with E-state index >= 15 is 0 Å². The summed E-state index contributed by atoms with van der Waals surface area (Å²) >= 11 is 1.55. The number of thiophene rings is 1. The lowest BCUT2D eigenvalue weighted by Gasteiger charge is -2.35. The molecule has 1 atom stereocenters. The molecule has 1 aromatic carbocycles. The standard InChI is InChI=1S/C17H19FN2O2S/c18-14-4-1-3-13(11-14)17(22)20-8-6-19(7-9-20)12-15(21)16-5-2-10-23-16/h1-5,10-11,15,21H,6-9,12H2/t15-/m0/s1. The van der Waals surface area contributed by atoms with Crippen LogP contribution >= 0.6 is 11.3 Å². The second-order valence-corrected chi connectivity index (χ2v) is 6.61. The molecule has 23 heavy (non-hydrogen) atoms. The molecule has 2 heterocycles. The summed E-state index contributed by atoms with van der Waals surface area (Å²) in [6.07, 6.45) is -0.486. The minimum absolute atomic E-state index is 0.136. The van der Waals surface area contributed by atoms with Crippen molar-refractivity contribution in [3.05, 3.63) is 58.0 Å². The molecule has 1 amide bonds. The summed E-state index contributed by atoms with van der Waals surface area (Å²) in [5.41, 5.74) is 0.386. The van der Waals surface area contributed by atoms with Crippen molar-refractivity contribution in [1.82, 2.24) is 9.80 Å². The van der Waals surface area contributed by atoms with Crippen LogP contribution in [0.25, 0.3) is 0 Å². The molecule has 0 saturated carbocycles. The lowest BCUT2D eigenvalue weighted by molar-refractivity contribution is 0.0532. The highest BCUT2D eigenvalue weighted by Gasteiger charge is 2.24. The van der Waals surface area contributed by atoms with E-state index in [1.165, 1.54) is 12.1 Å². The van der Waals surface area contributed by atoms with Crippen LogP contribution in [-0.2, 0) is 0 Å². The first-order valence-electron chi connectivity index (χ1n) is 7.62. The van der Waals surface area contributed by atoms with Gasteiger partial charge in [-0.3, -0.25) is 9.69 Å². The highest BCUT2D eigenvalue weighted by atomic mass is 32.1. The first-order valence-corrected chi connectivity index (χ1v) is 8.50. The Morgan fingerprint density at radius 3 is 2.65 bits per heavy atom. The van der Waals surface area contributed by atoms with Crippen LogP contribution in [0.5, 0.6) is 0 Å². The first kappa shape index (κ1) is 16.1. The Morgan fingerprint density at radius 1 is 1.22 bits per heavy atom. The maximum atomic E-state index is 13.2. The Labute approximate surface area is 138 Å². The van der Waals surface area contributed by atoms with Crippen LogP contribution in [0.3, 0.4) is 0 Å². The molecule has 3 rings (SSSR count). The number of nitrogens with zero attached hydrogens (tertiary/aromatic N) is 2. The molecule has 1 aromatic heterocycles. The van der Waals surface area contributed by atoms with Crippen molar-refractivity contribution in [2.75, 3.05) is 32.7 Å². The zero-order valence-electron chi connectivity index (χ0n) is 12.7. The van der Waals surface area contributed by atoms with Gasteiger partial charge in [-0.2, -0.15) is 0 Å². The molecule has 2 aromatic rings. The Morgan fingerprint density at radius 2 is 2.00 bits per heavy atom. The third-order valence-electron chi connectivity index (χ3n) is 4.03. The minimum atomic E-state index is -0.486. The molecule has 1 aliphatic rings. The summed E-state index contributed by atoms with van der Waals surface area (Å²) in [4.78, 5) is 17.2. The fourth-order valence-corrected chi connectivity index (χ4v) is 3.46. The Kier molecular flexibility index (Phi) is 5.05. The van der Waals surface area contributed by atoms with Gasteiger partial charge in [0.2, 0.25) is 0 Å². The van der Waals surface area contributed by atoms with E-state index in [-0.39, 0.29) is 5.91 Å². The number of amides is 1. The van der Waals surface area contributed by atoms with Crippen molar-refractivity contribution in [2.45, 2.75) is 6.10 Å². The van der Waals surface area contributed by atoms with Gasteiger partial charge in [-0.05, 0) is 29.6 Å². The van der Waals surface area contributed by atoms with Crippen molar-refractivity contribution in [3.8, 4) is 0 Å². The summed E-state index contributed by atoms with van der Waals surface area (Å²) < 4.78 is 13.2. The number of piperazine rings is 1. The third-order valence-corrected chi connectivity index (χ3v) is 5.01. The van der Waals surface area contributed by atoms with Crippen molar-refractivity contribution in [3.63, 3.8) is 0 Å². The normalized spacial score (nSPS) is 17.2. The van der Waals surface area contributed by atoms with Crippen LogP contribution in [0.15, 0.2) is 41.8 Å². The molecule has 1 N–H and O–H groups in total. The SMILES string of the molecule is O=C(c1cccc(F)c1)N1CCN(C[C@H](O)c2cccs2)CC1. The van der Waals surface area contributed by atoms with Crippen LogP contribution in [0.4, 0.5) is 4.39 Å². The van der Waals surface area contributed by atoms with E-state index in [0.717, 1.165) is 4.88 Å². The molecule has 0 unspecified atom stereocenters. The second-order valence-electron chi connectivity index (χ2n) is 5.63. The molecular formula is C17H19FN2O2S. The van der Waals surface area contributed by atoms with Gasteiger partial charge < -0.3 is 10.0 Å². The summed E-state index contributed by atoms with van der Waals surface area (Å²) in [6, 6.07) is 9.66. The number of halogens is 1. The number of aliphatic hydroxyl groups is 1.